The number of aromatic nitrogens is 1. The van der Waals surface area contributed by atoms with E-state index in [9.17, 15) is 18.0 Å². The zero-order chi connectivity index (χ0) is 16.2. The van der Waals surface area contributed by atoms with Gasteiger partial charge in [-0.05, 0) is 23.8 Å². The molecule has 7 nitrogen and oxygen atoms in total. The van der Waals surface area contributed by atoms with E-state index in [1.807, 2.05) is 4.72 Å². The number of pyridine rings is 1. The van der Waals surface area contributed by atoms with Crippen LogP contribution in [0.25, 0.3) is 0 Å². The normalized spacial score (nSPS) is 10.9. The first-order valence-electron chi connectivity index (χ1n) is 6.16. The summed E-state index contributed by atoms with van der Waals surface area (Å²) in [5.74, 6) is -1.94. The van der Waals surface area contributed by atoms with Gasteiger partial charge in [0.1, 0.15) is 0 Å². The van der Waals surface area contributed by atoms with Crippen LogP contribution in [-0.2, 0) is 21.2 Å². The number of hydrogen-bond donors (Lipinski definition) is 2. The van der Waals surface area contributed by atoms with E-state index in [1.54, 1.807) is 18.2 Å². The minimum absolute atomic E-state index is 0.0271. The molecule has 2 N–H and O–H groups in total. The topological polar surface area (TPSA) is 113 Å². The van der Waals surface area contributed by atoms with Gasteiger partial charge >= 0.3 is 5.97 Å². The fourth-order valence-electron chi connectivity index (χ4n) is 1.73. The predicted molar refractivity (Wildman–Crippen MR) is 76.7 cm³/mol. The second-order valence-electron chi connectivity index (χ2n) is 4.41. The number of aromatic carboxylic acids is 1. The first-order valence-corrected chi connectivity index (χ1v) is 7.65. The fourth-order valence-corrected chi connectivity index (χ4v) is 2.74. The Hall–Kier alpha value is -2.74. The molecule has 0 unspecified atom stereocenters. The molecule has 0 aliphatic rings. The Kier molecular flexibility index (Phi) is 4.52. The number of sulfonamides is 1. The number of carbonyl (C=O) groups is 2. The molecule has 114 valence electrons. The van der Waals surface area contributed by atoms with Crippen LogP contribution in [0.15, 0.2) is 53.7 Å². The predicted octanol–water partition coefficient (Wildman–Crippen LogP) is 0.827. The molecular weight excluding hydrogens is 308 g/mol. The number of nitrogens with zero attached hydrogens (tertiary/aromatic N) is 1. The molecule has 1 aromatic carbocycles. The van der Waals surface area contributed by atoms with Crippen molar-refractivity contribution in [1.29, 1.82) is 0 Å². The molecule has 0 aliphatic heterocycles. The lowest BCUT2D eigenvalue weighted by atomic mass is 10.1. The van der Waals surface area contributed by atoms with E-state index < -0.39 is 21.9 Å². The summed E-state index contributed by atoms with van der Waals surface area (Å²) in [4.78, 5) is 26.3. The fraction of sp³-hybridized carbons (Fsp3) is 0.0714. The van der Waals surface area contributed by atoms with Gasteiger partial charge in [-0.3, -0.25) is 9.78 Å². The van der Waals surface area contributed by atoms with Gasteiger partial charge in [0.2, 0.25) is 5.91 Å². The molecule has 0 saturated heterocycles. The monoisotopic (exact) mass is 320 g/mol. The molecule has 0 radical (unpaired) electrons. The summed E-state index contributed by atoms with van der Waals surface area (Å²) in [6.45, 7) is 0. The van der Waals surface area contributed by atoms with Gasteiger partial charge in [-0.2, -0.15) is 0 Å². The van der Waals surface area contributed by atoms with Crippen molar-refractivity contribution >= 4 is 21.9 Å². The highest BCUT2D eigenvalue weighted by Crippen LogP contribution is 2.08. The minimum Gasteiger partial charge on any atom is -0.478 e. The van der Waals surface area contributed by atoms with Crippen molar-refractivity contribution in [3.8, 4) is 0 Å². The van der Waals surface area contributed by atoms with Gasteiger partial charge in [-0.15, -0.1) is 0 Å². The average Bonchev–Trinajstić information content (AvgIpc) is 2.47. The van der Waals surface area contributed by atoms with Gasteiger partial charge in [0.05, 0.1) is 16.9 Å². The molecule has 2 rings (SSSR count). The van der Waals surface area contributed by atoms with Crippen LogP contribution in [0.5, 0.6) is 0 Å². The number of carbonyl (C=O) groups excluding carboxylic acids is 1. The van der Waals surface area contributed by atoms with Crippen LogP contribution in [0.2, 0.25) is 0 Å². The number of rotatable bonds is 5. The lowest BCUT2D eigenvalue weighted by Crippen LogP contribution is -2.31. The van der Waals surface area contributed by atoms with Gasteiger partial charge in [0, 0.05) is 12.4 Å². The number of carboxylic acids is 1. The number of benzene rings is 1. The molecule has 22 heavy (non-hydrogen) atoms. The first kappa shape index (κ1) is 15.6. The van der Waals surface area contributed by atoms with Crippen LogP contribution >= 0.6 is 0 Å². The van der Waals surface area contributed by atoms with Crippen LogP contribution in [0.4, 0.5) is 0 Å². The Bertz CT molecular complexity index is 803. The Morgan fingerprint density at radius 3 is 2.45 bits per heavy atom. The van der Waals surface area contributed by atoms with Gasteiger partial charge in [-0.1, -0.05) is 18.2 Å². The van der Waals surface area contributed by atoms with E-state index in [0.29, 0.717) is 5.56 Å². The summed E-state index contributed by atoms with van der Waals surface area (Å²) in [7, 11) is -3.94. The lowest BCUT2D eigenvalue weighted by Gasteiger charge is -2.07. The summed E-state index contributed by atoms with van der Waals surface area (Å²) in [5, 5.41) is 8.84. The van der Waals surface area contributed by atoms with Crippen LogP contribution in [0.3, 0.4) is 0 Å². The summed E-state index contributed by atoms with van der Waals surface area (Å²) in [6, 6.07) is 8.73. The quantitative estimate of drug-likeness (QED) is 0.843. The van der Waals surface area contributed by atoms with Crippen LogP contribution in [0.1, 0.15) is 15.9 Å². The van der Waals surface area contributed by atoms with Crippen molar-refractivity contribution in [2.24, 2.45) is 0 Å². The van der Waals surface area contributed by atoms with Gasteiger partial charge in [0.15, 0.2) is 0 Å². The van der Waals surface area contributed by atoms with Crippen LogP contribution in [-0.4, -0.2) is 30.4 Å². The molecular formula is C14H12N2O5S. The number of amides is 1. The van der Waals surface area contributed by atoms with Crippen molar-refractivity contribution in [3.05, 3.63) is 59.9 Å². The highest BCUT2D eigenvalue weighted by molar-refractivity contribution is 7.90. The largest absolute Gasteiger partial charge is 0.478 e. The van der Waals surface area contributed by atoms with Crippen molar-refractivity contribution < 1.29 is 23.1 Å². The molecule has 8 heteroatoms. The minimum atomic E-state index is -3.94. The second kappa shape index (κ2) is 6.35. The van der Waals surface area contributed by atoms with Crippen molar-refractivity contribution in [2.75, 3.05) is 0 Å². The molecule has 1 heterocycles. The van der Waals surface area contributed by atoms with Crippen molar-refractivity contribution in [1.82, 2.24) is 9.71 Å². The smallest absolute Gasteiger partial charge is 0.337 e. The van der Waals surface area contributed by atoms with E-state index in [2.05, 4.69) is 4.98 Å². The Balaban J connectivity index is 2.10. The third-order valence-corrected chi connectivity index (χ3v) is 4.10. The van der Waals surface area contributed by atoms with Gasteiger partial charge in [-0.25, -0.2) is 17.9 Å². The Morgan fingerprint density at radius 1 is 1.14 bits per heavy atom. The Morgan fingerprint density at radius 2 is 1.82 bits per heavy atom. The standard InChI is InChI=1S/C14H12N2O5S/c17-13(7-10-6-11(14(18)19)9-15-8-10)16-22(20,21)12-4-2-1-3-5-12/h1-6,8-9H,7H2,(H,16,17)(H,18,19). The molecule has 0 fully saturated rings. The number of hydrogen-bond acceptors (Lipinski definition) is 5. The number of nitrogens with one attached hydrogen (secondary N) is 1. The highest BCUT2D eigenvalue weighted by Gasteiger charge is 2.17. The maximum absolute atomic E-state index is 12.0. The van der Waals surface area contributed by atoms with E-state index in [-0.39, 0.29) is 16.9 Å². The lowest BCUT2D eigenvalue weighted by molar-refractivity contribution is -0.118. The Labute approximate surface area is 126 Å². The number of carboxylic acid groups (broad SMARTS) is 1. The zero-order valence-electron chi connectivity index (χ0n) is 11.3. The molecule has 0 spiro atoms. The van der Waals surface area contributed by atoms with Gasteiger partial charge < -0.3 is 5.11 Å². The van der Waals surface area contributed by atoms with Crippen molar-refractivity contribution in [3.63, 3.8) is 0 Å². The summed E-state index contributed by atoms with van der Waals surface area (Å²) in [5.41, 5.74) is 0.233. The molecule has 2 aromatic rings. The molecule has 1 aromatic heterocycles. The van der Waals surface area contributed by atoms with Gasteiger partial charge in [0.25, 0.3) is 10.0 Å². The summed E-state index contributed by atoms with van der Waals surface area (Å²) < 4.78 is 25.9. The first-order chi connectivity index (χ1) is 10.4. The maximum Gasteiger partial charge on any atom is 0.337 e. The third-order valence-electron chi connectivity index (χ3n) is 2.71. The second-order valence-corrected chi connectivity index (χ2v) is 6.09. The molecule has 0 atom stereocenters. The third kappa shape index (κ3) is 3.89. The highest BCUT2D eigenvalue weighted by atomic mass is 32.2. The SMILES string of the molecule is O=C(Cc1cncc(C(=O)O)c1)NS(=O)(=O)c1ccccc1. The van der Waals surface area contributed by atoms with Crippen LogP contribution in [0, 0.1) is 0 Å². The molecule has 0 aliphatic carbocycles. The molecule has 0 saturated carbocycles. The molecule has 0 bridgehead atoms. The van der Waals surface area contributed by atoms with E-state index in [1.165, 1.54) is 24.4 Å². The van der Waals surface area contributed by atoms with E-state index >= 15 is 0 Å². The van der Waals surface area contributed by atoms with E-state index in [0.717, 1.165) is 6.20 Å². The van der Waals surface area contributed by atoms with Crippen LogP contribution < -0.4 is 4.72 Å². The van der Waals surface area contributed by atoms with E-state index in [4.69, 9.17) is 5.11 Å². The summed E-state index contributed by atoms with van der Waals surface area (Å²) >= 11 is 0. The maximum atomic E-state index is 12.0. The summed E-state index contributed by atoms with van der Waals surface area (Å²) in [6.07, 6.45) is 2.16. The zero-order valence-corrected chi connectivity index (χ0v) is 12.1. The average molecular weight is 320 g/mol. The molecule has 1 amide bonds. The van der Waals surface area contributed by atoms with Crippen molar-refractivity contribution in [2.45, 2.75) is 11.3 Å².